The van der Waals surface area contributed by atoms with Gasteiger partial charge in [0.15, 0.2) is 0 Å². The molecule has 2 amide bonds. The van der Waals surface area contributed by atoms with Crippen molar-refractivity contribution in [3.63, 3.8) is 0 Å². The predicted octanol–water partition coefficient (Wildman–Crippen LogP) is 4.41. The molecular weight excluding hydrogens is 483 g/mol. The number of halogens is 4. The fourth-order valence-corrected chi connectivity index (χ4v) is 5.28. The van der Waals surface area contributed by atoms with Gasteiger partial charge in [-0.05, 0) is 43.5 Å². The lowest BCUT2D eigenvalue weighted by Crippen LogP contribution is -2.41. The number of carbonyl (C=O) groups is 1. The molecule has 5 rings (SSSR count). The summed E-state index contributed by atoms with van der Waals surface area (Å²) in [6, 6.07) is 4.06. The van der Waals surface area contributed by atoms with Gasteiger partial charge in [-0.2, -0.15) is 18.3 Å². The molecule has 2 atom stereocenters. The number of carbonyl (C=O) groups excluding carboxylic acids is 1. The highest BCUT2D eigenvalue weighted by atomic mass is 35.5. The predicted molar refractivity (Wildman–Crippen MR) is 124 cm³/mol. The summed E-state index contributed by atoms with van der Waals surface area (Å²) >= 11 is 6.20. The van der Waals surface area contributed by atoms with Gasteiger partial charge in [-0.15, -0.1) is 0 Å². The third-order valence-electron chi connectivity index (χ3n) is 6.90. The first-order valence-corrected chi connectivity index (χ1v) is 11.5. The molecule has 3 aromatic heterocycles. The summed E-state index contributed by atoms with van der Waals surface area (Å²) in [6.07, 6.45) is 1.40. The largest absolute Gasteiger partial charge is 0.419 e. The Morgan fingerprint density at radius 3 is 2.77 bits per heavy atom. The van der Waals surface area contributed by atoms with E-state index in [1.54, 1.807) is 23.2 Å². The molecule has 0 radical (unpaired) electrons. The minimum absolute atomic E-state index is 0.196. The summed E-state index contributed by atoms with van der Waals surface area (Å²) in [4.78, 5) is 22.4. The topological polar surface area (TPSA) is 102 Å². The van der Waals surface area contributed by atoms with E-state index in [-0.39, 0.29) is 23.1 Å². The Labute approximate surface area is 204 Å². The lowest BCUT2D eigenvalue weighted by atomic mass is 9.82. The van der Waals surface area contributed by atoms with Gasteiger partial charge in [0.2, 0.25) is 0 Å². The van der Waals surface area contributed by atoms with Crippen LogP contribution in [0.2, 0.25) is 5.02 Å². The number of nitrogen functional groups attached to an aromatic ring is 1. The van der Waals surface area contributed by atoms with Gasteiger partial charge in [-0.1, -0.05) is 11.6 Å². The zero-order chi connectivity index (χ0) is 25.0. The number of anilines is 1. The molecule has 1 unspecified atom stereocenters. The number of alkyl halides is 3. The van der Waals surface area contributed by atoms with Crippen LogP contribution in [0.15, 0.2) is 36.8 Å². The molecule has 0 bridgehead atoms. The van der Waals surface area contributed by atoms with E-state index < -0.39 is 17.6 Å². The first-order chi connectivity index (χ1) is 16.6. The minimum Gasteiger partial charge on any atom is -0.383 e. The normalized spacial score (nSPS) is 20.3. The Kier molecular flexibility index (Phi) is 5.62. The molecule has 1 fully saturated rings. The molecule has 0 aliphatic carbocycles. The van der Waals surface area contributed by atoms with E-state index in [2.05, 4.69) is 20.4 Å². The van der Waals surface area contributed by atoms with Crippen LogP contribution in [0.1, 0.15) is 42.6 Å². The fourth-order valence-electron chi connectivity index (χ4n) is 5.00. The Morgan fingerprint density at radius 2 is 2.03 bits per heavy atom. The van der Waals surface area contributed by atoms with Crippen LogP contribution in [-0.2, 0) is 18.1 Å². The van der Waals surface area contributed by atoms with Crippen LogP contribution in [0, 0.1) is 0 Å². The number of aromatic nitrogens is 4. The van der Waals surface area contributed by atoms with E-state index in [0.717, 1.165) is 30.2 Å². The lowest BCUT2D eigenvalue weighted by Gasteiger charge is -2.25. The number of pyridine rings is 2. The van der Waals surface area contributed by atoms with E-state index >= 15 is 0 Å². The van der Waals surface area contributed by atoms with Gasteiger partial charge in [0.25, 0.3) is 0 Å². The maximum absolute atomic E-state index is 13.3. The Hall–Kier alpha value is -3.34. The van der Waals surface area contributed by atoms with Crippen molar-refractivity contribution in [2.24, 2.45) is 0 Å². The maximum atomic E-state index is 13.3. The number of hydrogen-bond donors (Lipinski definition) is 2. The smallest absolute Gasteiger partial charge is 0.383 e. The molecule has 0 saturated carbocycles. The molecular formula is C23H23ClF3N7O. The second-order valence-electron chi connectivity index (χ2n) is 9.06. The van der Waals surface area contributed by atoms with Gasteiger partial charge in [-0.25, -0.2) is 9.78 Å². The average molecular weight is 506 g/mol. The van der Waals surface area contributed by atoms with Crippen molar-refractivity contribution in [2.45, 2.75) is 43.9 Å². The molecule has 12 heteroatoms. The number of nitrogens with zero attached hydrogens (tertiary/aromatic N) is 5. The highest BCUT2D eigenvalue weighted by Crippen LogP contribution is 2.44. The zero-order valence-corrected chi connectivity index (χ0v) is 19.6. The summed E-state index contributed by atoms with van der Waals surface area (Å²) in [5.41, 5.74) is 6.50. The monoisotopic (exact) mass is 505 g/mol. The highest BCUT2D eigenvalue weighted by Gasteiger charge is 2.47. The van der Waals surface area contributed by atoms with Crippen molar-refractivity contribution in [2.75, 3.05) is 18.8 Å². The molecule has 0 aromatic carbocycles. The number of amides is 2. The number of nitrogens with two attached hydrogens (primary N) is 1. The van der Waals surface area contributed by atoms with Gasteiger partial charge < -0.3 is 16.0 Å². The lowest BCUT2D eigenvalue weighted by molar-refractivity contribution is -0.137. The van der Waals surface area contributed by atoms with E-state index in [0.29, 0.717) is 30.4 Å². The Morgan fingerprint density at radius 1 is 1.26 bits per heavy atom. The first kappa shape index (κ1) is 23.4. The maximum Gasteiger partial charge on any atom is 0.419 e. The van der Waals surface area contributed by atoms with Crippen molar-refractivity contribution in [1.29, 1.82) is 0 Å². The van der Waals surface area contributed by atoms with Gasteiger partial charge in [-0.3, -0.25) is 9.67 Å². The molecule has 1 saturated heterocycles. The number of aryl methyl sites for hydroxylation is 1. The third-order valence-corrected chi connectivity index (χ3v) is 7.21. The minimum atomic E-state index is -4.60. The van der Waals surface area contributed by atoms with Gasteiger partial charge in [0, 0.05) is 54.9 Å². The number of likely N-dealkylation sites (tertiary alicyclic amines) is 1. The quantitative estimate of drug-likeness (QED) is 0.549. The number of hydrogen-bond acceptors (Lipinski definition) is 5. The molecule has 3 aromatic rings. The van der Waals surface area contributed by atoms with Gasteiger partial charge >= 0.3 is 12.2 Å². The summed E-state index contributed by atoms with van der Waals surface area (Å²) < 4.78 is 41.7. The molecule has 8 nitrogen and oxygen atoms in total. The number of fused-ring (bicyclic) bond motifs is 2. The van der Waals surface area contributed by atoms with E-state index in [1.807, 2.05) is 11.6 Å². The van der Waals surface area contributed by atoms with Crippen LogP contribution < -0.4 is 11.1 Å². The van der Waals surface area contributed by atoms with Crippen LogP contribution in [0.3, 0.4) is 0 Å². The summed E-state index contributed by atoms with van der Waals surface area (Å²) in [5.74, 6) is -0.566. The molecule has 2 aliphatic heterocycles. The summed E-state index contributed by atoms with van der Waals surface area (Å²) in [5, 5.41) is 8.00. The molecule has 2 aliphatic rings. The second-order valence-corrected chi connectivity index (χ2v) is 9.47. The fraction of sp³-hybridized carbons (Fsp3) is 0.391. The van der Waals surface area contributed by atoms with Crippen LogP contribution in [0.25, 0.3) is 11.3 Å². The number of nitrogens with one attached hydrogen (secondary N) is 1. The van der Waals surface area contributed by atoms with Crippen molar-refractivity contribution in [1.82, 2.24) is 30.0 Å². The van der Waals surface area contributed by atoms with E-state index in [9.17, 15) is 18.0 Å². The standard InChI is InChI=1S/C23H23ClF3N7O/c1-13(15-2-5-29-11-17(15)24)31-21(35)33-6-3-22(12-33)4-7-34-19(22)9-18(32-34)14-8-16(23(25,26)27)20(28)30-10-14/h2,5,8-11,13H,3-4,6-7,12H2,1H3,(H2,28,30)(H,31,35)/t13?,22-/m1/s1. The SMILES string of the molecule is CC(NC(=O)N1CC[C@@]2(CCn3nc(-c4cnc(N)c(C(F)(F)F)c4)cc32)C1)c1ccncc1Cl. The van der Waals surface area contributed by atoms with Crippen LogP contribution in [-0.4, -0.2) is 43.8 Å². The average Bonchev–Trinajstić information content (AvgIpc) is 3.50. The van der Waals surface area contributed by atoms with Crippen molar-refractivity contribution < 1.29 is 18.0 Å². The third kappa shape index (κ3) is 4.18. The van der Waals surface area contributed by atoms with Crippen LogP contribution >= 0.6 is 11.6 Å². The van der Waals surface area contributed by atoms with Crippen molar-refractivity contribution >= 4 is 23.4 Å². The highest BCUT2D eigenvalue weighted by molar-refractivity contribution is 6.31. The molecule has 1 spiro atoms. The molecule has 35 heavy (non-hydrogen) atoms. The van der Waals surface area contributed by atoms with Crippen LogP contribution in [0.4, 0.5) is 23.8 Å². The van der Waals surface area contributed by atoms with Gasteiger partial charge in [0.05, 0.1) is 22.3 Å². The first-order valence-electron chi connectivity index (χ1n) is 11.1. The van der Waals surface area contributed by atoms with Crippen LogP contribution in [0.5, 0.6) is 0 Å². The van der Waals surface area contributed by atoms with E-state index in [1.165, 1.54) is 12.4 Å². The molecule has 184 valence electrons. The number of urea groups is 1. The summed E-state index contributed by atoms with van der Waals surface area (Å²) in [6.45, 7) is 3.54. The summed E-state index contributed by atoms with van der Waals surface area (Å²) in [7, 11) is 0. The molecule has 5 heterocycles. The number of rotatable bonds is 3. The Balaban J connectivity index is 1.34. The second kappa shape index (κ2) is 8.40. The van der Waals surface area contributed by atoms with E-state index in [4.69, 9.17) is 17.3 Å². The van der Waals surface area contributed by atoms with Crippen molar-refractivity contribution in [3.8, 4) is 11.3 Å². The van der Waals surface area contributed by atoms with Gasteiger partial charge in [0.1, 0.15) is 5.82 Å². The molecule has 3 N–H and O–H groups in total. The van der Waals surface area contributed by atoms with Crippen molar-refractivity contribution in [3.05, 3.63) is 58.6 Å². The Bertz CT molecular complexity index is 1290. The zero-order valence-electron chi connectivity index (χ0n) is 18.8.